The van der Waals surface area contributed by atoms with Gasteiger partial charge in [0.25, 0.3) is 0 Å². The molecule has 110 valence electrons. The molecule has 1 aliphatic heterocycles. The number of carboxylic acid groups (broad SMARTS) is 1. The van der Waals surface area contributed by atoms with Crippen LogP contribution in [0.25, 0.3) is 0 Å². The van der Waals surface area contributed by atoms with E-state index in [2.05, 4.69) is 10.6 Å². The molecule has 1 saturated heterocycles. The molecule has 1 amide bonds. The molecule has 0 aromatic rings. The summed E-state index contributed by atoms with van der Waals surface area (Å²) in [5.41, 5.74) is -0.380. The Kier molecular flexibility index (Phi) is 5.79. The van der Waals surface area contributed by atoms with Crippen LogP contribution in [0, 0.1) is 17.3 Å². The highest BCUT2D eigenvalue weighted by Gasteiger charge is 2.43. The van der Waals surface area contributed by atoms with Gasteiger partial charge in [-0.1, -0.05) is 27.2 Å². The number of aliphatic carboxylic acids is 1. The van der Waals surface area contributed by atoms with Gasteiger partial charge >= 0.3 is 5.97 Å². The van der Waals surface area contributed by atoms with E-state index in [0.29, 0.717) is 13.0 Å². The van der Waals surface area contributed by atoms with Gasteiger partial charge in [-0.2, -0.15) is 0 Å². The zero-order valence-electron chi connectivity index (χ0n) is 12.2. The van der Waals surface area contributed by atoms with Crippen molar-refractivity contribution in [3.8, 4) is 0 Å². The Balaban J connectivity index is 2.60. The van der Waals surface area contributed by atoms with E-state index >= 15 is 0 Å². The van der Waals surface area contributed by atoms with Gasteiger partial charge in [0.2, 0.25) is 5.91 Å². The summed E-state index contributed by atoms with van der Waals surface area (Å²) in [6.07, 6.45) is 2.23. The van der Waals surface area contributed by atoms with E-state index in [-0.39, 0.29) is 23.8 Å². The van der Waals surface area contributed by atoms with Gasteiger partial charge in [-0.15, -0.1) is 0 Å². The Bertz CT molecular complexity index is 323. The van der Waals surface area contributed by atoms with E-state index in [0.717, 1.165) is 19.4 Å². The maximum Gasteiger partial charge on any atom is 0.308 e. The fraction of sp³-hybridized carbons (Fsp3) is 0.857. The number of carbonyl (C=O) groups is 2. The Hall–Kier alpha value is -1.10. The third-order valence-corrected chi connectivity index (χ3v) is 4.24. The van der Waals surface area contributed by atoms with Crippen LogP contribution in [0.4, 0.5) is 0 Å². The van der Waals surface area contributed by atoms with Gasteiger partial charge in [-0.05, 0) is 25.3 Å². The zero-order valence-corrected chi connectivity index (χ0v) is 12.2. The first-order valence-electron chi connectivity index (χ1n) is 7.16. The molecule has 5 heteroatoms. The Morgan fingerprint density at radius 3 is 2.53 bits per heavy atom. The first-order chi connectivity index (χ1) is 8.94. The molecule has 0 spiro atoms. The monoisotopic (exact) mass is 270 g/mol. The number of rotatable bonds is 7. The average molecular weight is 270 g/mol. The number of carboxylic acids is 1. The molecule has 2 atom stereocenters. The minimum Gasteiger partial charge on any atom is -0.481 e. The number of hydrogen-bond donors (Lipinski definition) is 3. The molecule has 1 fully saturated rings. The van der Waals surface area contributed by atoms with Crippen LogP contribution in [-0.4, -0.2) is 36.6 Å². The minimum absolute atomic E-state index is 0.00477. The first kappa shape index (κ1) is 16.0. The Morgan fingerprint density at radius 1 is 1.42 bits per heavy atom. The quantitative estimate of drug-likeness (QED) is 0.650. The van der Waals surface area contributed by atoms with Gasteiger partial charge < -0.3 is 15.7 Å². The number of hydrogen-bond acceptors (Lipinski definition) is 3. The molecular formula is C14H26N2O3. The SMILES string of the molecule is CCCC(CNC(=O)C1(C(C)C)CCNC1)C(=O)O. The standard InChI is InChI=1S/C14H26N2O3/c1-4-5-11(12(17)18)8-16-13(19)14(10(2)3)6-7-15-9-14/h10-11,15H,4-9H2,1-3H3,(H,16,19)(H,17,18). The summed E-state index contributed by atoms with van der Waals surface area (Å²) in [7, 11) is 0. The van der Waals surface area contributed by atoms with E-state index in [4.69, 9.17) is 5.11 Å². The number of carbonyl (C=O) groups excluding carboxylic acids is 1. The van der Waals surface area contributed by atoms with Crippen molar-refractivity contribution in [3.05, 3.63) is 0 Å². The predicted octanol–water partition coefficient (Wildman–Crippen LogP) is 1.24. The lowest BCUT2D eigenvalue weighted by Gasteiger charge is -2.31. The van der Waals surface area contributed by atoms with Crippen LogP contribution in [0.3, 0.4) is 0 Å². The van der Waals surface area contributed by atoms with Crippen molar-refractivity contribution in [1.82, 2.24) is 10.6 Å². The molecular weight excluding hydrogens is 244 g/mol. The van der Waals surface area contributed by atoms with Crippen LogP contribution in [0.5, 0.6) is 0 Å². The number of amides is 1. The molecule has 1 aliphatic rings. The lowest BCUT2D eigenvalue weighted by Crippen LogP contribution is -2.47. The maximum atomic E-state index is 12.4. The van der Waals surface area contributed by atoms with E-state index < -0.39 is 11.9 Å². The summed E-state index contributed by atoms with van der Waals surface area (Å²) >= 11 is 0. The Morgan fingerprint density at radius 2 is 2.11 bits per heavy atom. The second-order valence-corrected chi connectivity index (χ2v) is 5.77. The summed E-state index contributed by atoms with van der Waals surface area (Å²) in [6.45, 7) is 7.82. The van der Waals surface area contributed by atoms with Gasteiger partial charge in [0.05, 0.1) is 11.3 Å². The van der Waals surface area contributed by atoms with Crippen LogP contribution in [0.2, 0.25) is 0 Å². The highest BCUT2D eigenvalue weighted by molar-refractivity contribution is 5.84. The molecule has 0 aromatic carbocycles. The van der Waals surface area contributed by atoms with E-state index in [9.17, 15) is 9.59 Å². The van der Waals surface area contributed by atoms with Crippen molar-refractivity contribution in [2.45, 2.75) is 40.0 Å². The lowest BCUT2D eigenvalue weighted by molar-refractivity contribution is -0.142. The maximum absolute atomic E-state index is 12.4. The molecule has 5 nitrogen and oxygen atoms in total. The van der Waals surface area contributed by atoms with Crippen molar-refractivity contribution in [1.29, 1.82) is 0 Å². The van der Waals surface area contributed by atoms with Gasteiger partial charge in [0.1, 0.15) is 0 Å². The molecule has 3 N–H and O–H groups in total. The molecule has 0 radical (unpaired) electrons. The highest BCUT2D eigenvalue weighted by Crippen LogP contribution is 2.34. The molecule has 0 saturated carbocycles. The molecule has 1 heterocycles. The van der Waals surface area contributed by atoms with Crippen molar-refractivity contribution in [3.63, 3.8) is 0 Å². The molecule has 0 aliphatic carbocycles. The van der Waals surface area contributed by atoms with Crippen molar-refractivity contribution < 1.29 is 14.7 Å². The van der Waals surface area contributed by atoms with E-state index in [1.807, 2.05) is 20.8 Å². The third kappa shape index (κ3) is 3.69. The molecule has 0 aromatic heterocycles. The van der Waals surface area contributed by atoms with Gasteiger partial charge in [0, 0.05) is 13.1 Å². The van der Waals surface area contributed by atoms with Gasteiger partial charge in [-0.3, -0.25) is 9.59 Å². The fourth-order valence-electron chi connectivity index (χ4n) is 2.71. The van der Waals surface area contributed by atoms with Gasteiger partial charge in [0.15, 0.2) is 0 Å². The van der Waals surface area contributed by atoms with E-state index in [1.165, 1.54) is 0 Å². The predicted molar refractivity (Wildman–Crippen MR) is 73.8 cm³/mol. The highest BCUT2D eigenvalue weighted by atomic mass is 16.4. The van der Waals surface area contributed by atoms with Crippen LogP contribution in [0.1, 0.15) is 40.0 Å². The first-order valence-corrected chi connectivity index (χ1v) is 7.16. The molecule has 19 heavy (non-hydrogen) atoms. The van der Waals surface area contributed by atoms with Crippen molar-refractivity contribution >= 4 is 11.9 Å². The summed E-state index contributed by atoms with van der Waals surface area (Å²) in [4.78, 5) is 23.5. The summed E-state index contributed by atoms with van der Waals surface area (Å²) in [6, 6.07) is 0. The zero-order chi connectivity index (χ0) is 14.5. The van der Waals surface area contributed by atoms with Gasteiger partial charge in [-0.25, -0.2) is 0 Å². The van der Waals surface area contributed by atoms with Crippen LogP contribution in [-0.2, 0) is 9.59 Å². The molecule has 0 bridgehead atoms. The average Bonchev–Trinajstić information content (AvgIpc) is 2.84. The topological polar surface area (TPSA) is 78.4 Å². The van der Waals surface area contributed by atoms with Crippen LogP contribution >= 0.6 is 0 Å². The normalized spacial score (nSPS) is 24.4. The lowest BCUT2D eigenvalue weighted by atomic mass is 9.75. The smallest absolute Gasteiger partial charge is 0.308 e. The van der Waals surface area contributed by atoms with Crippen LogP contribution < -0.4 is 10.6 Å². The second kappa shape index (κ2) is 6.89. The summed E-state index contributed by atoms with van der Waals surface area (Å²) in [5.74, 6) is -1.07. The third-order valence-electron chi connectivity index (χ3n) is 4.24. The Labute approximate surface area is 115 Å². The van der Waals surface area contributed by atoms with Crippen molar-refractivity contribution in [2.75, 3.05) is 19.6 Å². The summed E-state index contributed by atoms with van der Waals surface area (Å²) < 4.78 is 0. The number of nitrogens with one attached hydrogen (secondary N) is 2. The molecule has 2 unspecified atom stereocenters. The summed E-state index contributed by atoms with van der Waals surface area (Å²) in [5, 5.41) is 15.2. The minimum atomic E-state index is -0.828. The fourth-order valence-corrected chi connectivity index (χ4v) is 2.71. The van der Waals surface area contributed by atoms with E-state index in [1.54, 1.807) is 0 Å². The van der Waals surface area contributed by atoms with Crippen LogP contribution in [0.15, 0.2) is 0 Å². The molecule has 1 rings (SSSR count). The second-order valence-electron chi connectivity index (χ2n) is 5.77. The largest absolute Gasteiger partial charge is 0.481 e. The van der Waals surface area contributed by atoms with Crippen molar-refractivity contribution in [2.24, 2.45) is 17.3 Å².